The molecule has 72 valence electrons. The third kappa shape index (κ3) is 2.01. The van der Waals surface area contributed by atoms with E-state index in [-0.39, 0.29) is 12.6 Å². The number of hydrogen-bond donors (Lipinski definition) is 1. The molecule has 5 heteroatoms. The van der Waals surface area contributed by atoms with Gasteiger partial charge < -0.3 is 15.0 Å². The summed E-state index contributed by atoms with van der Waals surface area (Å²) < 4.78 is 10.1. The molecule has 0 aliphatic rings. The second kappa shape index (κ2) is 3.78. The van der Waals surface area contributed by atoms with E-state index >= 15 is 0 Å². The number of para-hydroxylation sites is 1. The van der Waals surface area contributed by atoms with Crippen molar-refractivity contribution in [2.45, 2.75) is 6.61 Å². The van der Waals surface area contributed by atoms with Crippen LogP contribution in [0.4, 0.5) is 5.95 Å². The van der Waals surface area contributed by atoms with Crippen molar-refractivity contribution in [2.24, 2.45) is 0 Å². The maximum atomic E-state index is 5.35. The van der Waals surface area contributed by atoms with Crippen molar-refractivity contribution in [1.82, 2.24) is 10.1 Å². The lowest BCUT2D eigenvalue weighted by Gasteiger charge is -2.00. The minimum absolute atomic E-state index is 0.122. The summed E-state index contributed by atoms with van der Waals surface area (Å²) in [5.74, 6) is 1.24. The molecule has 0 fully saturated rings. The van der Waals surface area contributed by atoms with Crippen molar-refractivity contribution in [3.8, 4) is 5.75 Å². The first-order chi connectivity index (χ1) is 6.84. The van der Waals surface area contributed by atoms with Crippen molar-refractivity contribution in [3.05, 3.63) is 36.2 Å². The summed E-state index contributed by atoms with van der Waals surface area (Å²) >= 11 is 0. The quantitative estimate of drug-likeness (QED) is 0.789. The van der Waals surface area contributed by atoms with Crippen LogP contribution in [0.3, 0.4) is 0 Å². The van der Waals surface area contributed by atoms with Crippen LogP contribution < -0.4 is 10.5 Å². The molecule has 1 aromatic carbocycles. The molecular formula is C9H9N3O2. The highest BCUT2D eigenvalue weighted by Gasteiger charge is 2.02. The van der Waals surface area contributed by atoms with Gasteiger partial charge in [-0.1, -0.05) is 18.2 Å². The summed E-state index contributed by atoms with van der Waals surface area (Å²) in [5.41, 5.74) is 5.28. The van der Waals surface area contributed by atoms with Gasteiger partial charge in [-0.15, -0.1) is 0 Å². The Balaban J connectivity index is 1.95. The fraction of sp³-hybridized carbons (Fsp3) is 0.111. The number of nitrogen functional groups attached to an aromatic ring is 1. The lowest BCUT2D eigenvalue weighted by Crippen LogP contribution is -1.95. The topological polar surface area (TPSA) is 74.2 Å². The molecule has 0 aliphatic carbocycles. The number of ether oxygens (including phenoxy) is 1. The average Bonchev–Trinajstić information content (AvgIpc) is 2.63. The SMILES string of the molecule is Nc1noc(COc2ccccc2)n1. The summed E-state index contributed by atoms with van der Waals surface area (Å²) in [6.07, 6.45) is 0. The van der Waals surface area contributed by atoms with Crippen LogP contribution in [0.15, 0.2) is 34.9 Å². The zero-order valence-electron chi connectivity index (χ0n) is 7.38. The van der Waals surface area contributed by atoms with Crippen molar-refractivity contribution in [3.63, 3.8) is 0 Å². The van der Waals surface area contributed by atoms with Crippen LogP contribution in [0.1, 0.15) is 5.89 Å². The van der Waals surface area contributed by atoms with E-state index in [0.717, 1.165) is 5.75 Å². The van der Waals surface area contributed by atoms with Gasteiger partial charge in [0.15, 0.2) is 6.61 Å². The monoisotopic (exact) mass is 191 g/mol. The molecule has 0 radical (unpaired) electrons. The predicted octanol–water partition coefficient (Wildman–Crippen LogP) is 1.23. The smallest absolute Gasteiger partial charge is 0.266 e. The van der Waals surface area contributed by atoms with Crippen LogP contribution in [0.5, 0.6) is 5.75 Å². The Kier molecular flexibility index (Phi) is 2.31. The van der Waals surface area contributed by atoms with Gasteiger partial charge in [0.25, 0.3) is 11.8 Å². The Morgan fingerprint density at radius 1 is 1.29 bits per heavy atom. The number of anilines is 1. The standard InChI is InChI=1S/C9H9N3O2/c10-9-11-8(14-12-9)6-13-7-4-2-1-3-5-7/h1-5H,6H2,(H2,10,12). The van der Waals surface area contributed by atoms with Crippen LogP contribution >= 0.6 is 0 Å². The second-order valence-corrected chi connectivity index (χ2v) is 2.65. The van der Waals surface area contributed by atoms with Gasteiger partial charge in [0.2, 0.25) is 0 Å². The average molecular weight is 191 g/mol. The van der Waals surface area contributed by atoms with Crippen LogP contribution in [0, 0.1) is 0 Å². The zero-order chi connectivity index (χ0) is 9.80. The van der Waals surface area contributed by atoms with Crippen LogP contribution in [-0.4, -0.2) is 10.1 Å². The zero-order valence-corrected chi connectivity index (χ0v) is 7.38. The van der Waals surface area contributed by atoms with E-state index in [1.54, 1.807) is 0 Å². The number of hydrogen-bond acceptors (Lipinski definition) is 5. The summed E-state index contributed by atoms with van der Waals surface area (Å²) in [5, 5.41) is 3.44. The van der Waals surface area contributed by atoms with Crippen molar-refractivity contribution in [2.75, 3.05) is 5.73 Å². The Labute approximate surface area is 80.5 Å². The van der Waals surface area contributed by atoms with Gasteiger partial charge in [0.1, 0.15) is 5.75 Å². The first-order valence-corrected chi connectivity index (χ1v) is 4.10. The van der Waals surface area contributed by atoms with Gasteiger partial charge in [-0.3, -0.25) is 0 Å². The number of rotatable bonds is 3. The largest absolute Gasteiger partial charge is 0.484 e. The highest BCUT2D eigenvalue weighted by Crippen LogP contribution is 2.10. The third-order valence-corrected chi connectivity index (χ3v) is 1.59. The summed E-state index contributed by atoms with van der Waals surface area (Å²) in [4.78, 5) is 3.80. The summed E-state index contributed by atoms with van der Waals surface area (Å²) in [6, 6.07) is 9.38. The number of benzene rings is 1. The van der Waals surface area contributed by atoms with Gasteiger partial charge >= 0.3 is 0 Å². The minimum atomic E-state index is 0.122. The molecule has 0 spiro atoms. The molecule has 0 amide bonds. The van der Waals surface area contributed by atoms with E-state index in [9.17, 15) is 0 Å². The molecule has 1 heterocycles. The Morgan fingerprint density at radius 3 is 2.71 bits per heavy atom. The van der Waals surface area contributed by atoms with E-state index < -0.39 is 0 Å². The molecule has 0 saturated carbocycles. The third-order valence-electron chi connectivity index (χ3n) is 1.59. The highest BCUT2D eigenvalue weighted by molar-refractivity contribution is 5.21. The van der Waals surface area contributed by atoms with Crippen LogP contribution in [0.2, 0.25) is 0 Å². The molecule has 1 aromatic heterocycles. The fourth-order valence-electron chi connectivity index (χ4n) is 0.988. The van der Waals surface area contributed by atoms with E-state index in [1.807, 2.05) is 30.3 Å². The van der Waals surface area contributed by atoms with Crippen molar-refractivity contribution in [1.29, 1.82) is 0 Å². The molecule has 0 aliphatic heterocycles. The van der Waals surface area contributed by atoms with Gasteiger partial charge in [0.05, 0.1) is 0 Å². The Bertz CT molecular complexity index is 399. The number of nitrogens with zero attached hydrogens (tertiary/aromatic N) is 2. The van der Waals surface area contributed by atoms with E-state index in [4.69, 9.17) is 15.0 Å². The molecule has 0 unspecified atom stereocenters. The molecule has 5 nitrogen and oxygen atoms in total. The first-order valence-electron chi connectivity index (χ1n) is 4.10. The van der Waals surface area contributed by atoms with Gasteiger partial charge in [-0.05, 0) is 17.3 Å². The van der Waals surface area contributed by atoms with E-state index in [2.05, 4.69) is 10.1 Å². The van der Waals surface area contributed by atoms with Gasteiger partial charge in [-0.25, -0.2) is 0 Å². The normalized spacial score (nSPS) is 10.0. The molecule has 2 aromatic rings. The lowest BCUT2D eigenvalue weighted by atomic mass is 10.3. The first kappa shape index (κ1) is 8.55. The fourth-order valence-corrected chi connectivity index (χ4v) is 0.988. The molecule has 0 bridgehead atoms. The summed E-state index contributed by atoms with van der Waals surface area (Å²) in [6.45, 7) is 0.230. The van der Waals surface area contributed by atoms with Crippen molar-refractivity contribution < 1.29 is 9.26 Å². The second-order valence-electron chi connectivity index (χ2n) is 2.65. The predicted molar refractivity (Wildman–Crippen MR) is 49.5 cm³/mol. The molecule has 14 heavy (non-hydrogen) atoms. The number of nitrogens with two attached hydrogens (primary N) is 1. The molecular weight excluding hydrogens is 182 g/mol. The van der Waals surface area contributed by atoms with Gasteiger partial charge in [-0.2, -0.15) is 4.98 Å². The van der Waals surface area contributed by atoms with Crippen molar-refractivity contribution >= 4 is 5.95 Å². The minimum Gasteiger partial charge on any atom is -0.484 e. The Morgan fingerprint density at radius 2 is 2.07 bits per heavy atom. The maximum Gasteiger partial charge on any atom is 0.266 e. The lowest BCUT2D eigenvalue weighted by molar-refractivity contribution is 0.243. The van der Waals surface area contributed by atoms with Crippen LogP contribution in [-0.2, 0) is 6.61 Å². The van der Waals surface area contributed by atoms with E-state index in [0.29, 0.717) is 5.89 Å². The van der Waals surface area contributed by atoms with E-state index in [1.165, 1.54) is 0 Å². The van der Waals surface area contributed by atoms with Gasteiger partial charge in [0, 0.05) is 0 Å². The Hall–Kier alpha value is -2.04. The molecule has 2 N–H and O–H groups in total. The molecule has 2 rings (SSSR count). The van der Waals surface area contributed by atoms with Crippen LogP contribution in [0.25, 0.3) is 0 Å². The highest BCUT2D eigenvalue weighted by atomic mass is 16.5. The number of aromatic nitrogens is 2. The summed E-state index contributed by atoms with van der Waals surface area (Å²) in [7, 11) is 0. The molecule has 0 saturated heterocycles. The molecule has 0 atom stereocenters. The maximum absolute atomic E-state index is 5.35.